The lowest BCUT2D eigenvalue weighted by Gasteiger charge is -2.03. The van der Waals surface area contributed by atoms with Crippen molar-refractivity contribution in [3.8, 4) is 0 Å². The lowest BCUT2D eigenvalue weighted by Crippen LogP contribution is -2.32. The molecule has 6 heteroatoms. The summed E-state index contributed by atoms with van der Waals surface area (Å²) in [6.45, 7) is 5.74. The standard InChI is InChI=1S/C15H20N4O2.H2/c1-8(2)11(16)6-9(3)12-7-17-13(18-12)15(21)19-14(20)10-4-5-10;/h6-8,10,16H,4-5H2,1-3H3,(H,17,18)(H,19,20,21);1H/b9-6-,16-11?;. The van der Waals surface area contributed by atoms with Crippen LogP contribution in [0.5, 0.6) is 0 Å². The molecular formula is C15H22N4O2. The smallest absolute Gasteiger partial charge is 0.293 e. The van der Waals surface area contributed by atoms with Gasteiger partial charge in [-0.25, -0.2) is 4.98 Å². The highest BCUT2D eigenvalue weighted by Gasteiger charge is 2.31. The maximum Gasteiger partial charge on any atom is 0.293 e. The number of aromatic amines is 1. The summed E-state index contributed by atoms with van der Waals surface area (Å²) in [5.41, 5.74) is 2.01. The number of allylic oxidation sites excluding steroid dienone is 2. The second-order valence-electron chi connectivity index (χ2n) is 5.68. The Hall–Kier alpha value is -2.24. The van der Waals surface area contributed by atoms with Crippen molar-refractivity contribution in [1.29, 1.82) is 5.41 Å². The highest BCUT2D eigenvalue weighted by molar-refractivity contribution is 6.04. The van der Waals surface area contributed by atoms with E-state index in [-0.39, 0.29) is 25.0 Å². The Balaban J connectivity index is 0.00000242. The van der Waals surface area contributed by atoms with Crippen molar-refractivity contribution < 1.29 is 11.0 Å². The molecule has 2 amide bonds. The van der Waals surface area contributed by atoms with Crippen LogP contribution in [0.3, 0.4) is 0 Å². The summed E-state index contributed by atoms with van der Waals surface area (Å²) in [4.78, 5) is 30.3. The fourth-order valence-corrected chi connectivity index (χ4v) is 1.73. The Morgan fingerprint density at radius 1 is 1.52 bits per heavy atom. The van der Waals surface area contributed by atoms with Crippen LogP contribution in [0.25, 0.3) is 5.57 Å². The number of hydrogen-bond acceptors (Lipinski definition) is 4. The van der Waals surface area contributed by atoms with Crippen molar-refractivity contribution in [1.82, 2.24) is 15.3 Å². The number of nitrogens with one attached hydrogen (secondary N) is 3. The van der Waals surface area contributed by atoms with Crippen LogP contribution >= 0.6 is 0 Å². The summed E-state index contributed by atoms with van der Waals surface area (Å²) < 4.78 is 0. The second kappa shape index (κ2) is 6.03. The van der Waals surface area contributed by atoms with E-state index in [0.717, 1.165) is 18.4 Å². The van der Waals surface area contributed by atoms with E-state index < -0.39 is 5.91 Å². The SMILES string of the molecule is C/C(=C/C(=N)C(C)C)c1cnc(C(=O)NC(=O)C2CC2)[nH]1.[HH]. The second-order valence-corrected chi connectivity index (χ2v) is 5.68. The van der Waals surface area contributed by atoms with Crippen molar-refractivity contribution in [3.05, 3.63) is 23.8 Å². The van der Waals surface area contributed by atoms with Crippen LogP contribution in [0, 0.1) is 17.2 Å². The molecule has 1 saturated carbocycles. The highest BCUT2D eigenvalue weighted by atomic mass is 16.2. The quantitative estimate of drug-likeness (QED) is 0.573. The molecule has 1 fully saturated rings. The van der Waals surface area contributed by atoms with Gasteiger partial charge in [0, 0.05) is 13.1 Å². The van der Waals surface area contributed by atoms with Gasteiger partial charge in [0.05, 0.1) is 11.9 Å². The van der Waals surface area contributed by atoms with E-state index in [9.17, 15) is 9.59 Å². The monoisotopic (exact) mass is 290 g/mol. The Morgan fingerprint density at radius 2 is 2.19 bits per heavy atom. The summed E-state index contributed by atoms with van der Waals surface area (Å²) in [5, 5.41) is 10.2. The first-order valence-electron chi connectivity index (χ1n) is 7.05. The van der Waals surface area contributed by atoms with Gasteiger partial charge in [-0.05, 0) is 37.3 Å². The maximum atomic E-state index is 11.9. The minimum absolute atomic E-state index is 0. The van der Waals surface area contributed by atoms with E-state index in [0.29, 0.717) is 11.4 Å². The third-order valence-electron chi connectivity index (χ3n) is 3.39. The van der Waals surface area contributed by atoms with E-state index in [1.54, 1.807) is 6.08 Å². The van der Waals surface area contributed by atoms with E-state index >= 15 is 0 Å². The number of imidazole rings is 1. The molecule has 1 aliphatic carbocycles. The predicted molar refractivity (Wildman–Crippen MR) is 82.1 cm³/mol. The Bertz CT molecular complexity index is 615. The highest BCUT2D eigenvalue weighted by Crippen LogP contribution is 2.28. The lowest BCUT2D eigenvalue weighted by molar-refractivity contribution is -0.121. The molecule has 1 heterocycles. The van der Waals surface area contributed by atoms with Crippen molar-refractivity contribution >= 4 is 23.1 Å². The molecule has 0 atom stereocenters. The average molecular weight is 290 g/mol. The number of imide groups is 1. The molecule has 0 bridgehead atoms. The first-order valence-corrected chi connectivity index (χ1v) is 7.05. The Morgan fingerprint density at radius 3 is 2.76 bits per heavy atom. The molecule has 0 spiro atoms. The first kappa shape index (κ1) is 15.2. The molecule has 1 aromatic heterocycles. The number of aromatic nitrogens is 2. The number of H-pyrrole nitrogens is 1. The van der Waals surface area contributed by atoms with E-state index in [2.05, 4.69) is 15.3 Å². The summed E-state index contributed by atoms with van der Waals surface area (Å²) in [5.74, 6) is -0.502. The number of carbonyl (C=O) groups is 2. The fourth-order valence-electron chi connectivity index (χ4n) is 1.73. The molecular weight excluding hydrogens is 268 g/mol. The van der Waals surface area contributed by atoms with Crippen molar-refractivity contribution in [2.24, 2.45) is 11.8 Å². The summed E-state index contributed by atoms with van der Waals surface area (Å²) in [6, 6.07) is 0. The molecule has 0 unspecified atom stereocenters. The van der Waals surface area contributed by atoms with Crippen LogP contribution in [0.2, 0.25) is 0 Å². The zero-order valence-electron chi connectivity index (χ0n) is 12.5. The van der Waals surface area contributed by atoms with Gasteiger partial charge < -0.3 is 10.4 Å². The van der Waals surface area contributed by atoms with Gasteiger partial charge in [-0.2, -0.15) is 0 Å². The average Bonchev–Trinajstić information content (AvgIpc) is 3.15. The number of rotatable bonds is 5. The predicted octanol–water partition coefficient (Wildman–Crippen LogP) is 2.40. The number of carbonyl (C=O) groups excluding carboxylic acids is 2. The largest absolute Gasteiger partial charge is 0.334 e. The third-order valence-corrected chi connectivity index (χ3v) is 3.39. The molecule has 0 radical (unpaired) electrons. The van der Waals surface area contributed by atoms with Crippen molar-refractivity contribution in [2.75, 3.05) is 0 Å². The van der Waals surface area contributed by atoms with E-state index in [4.69, 9.17) is 5.41 Å². The van der Waals surface area contributed by atoms with Gasteiger partial charge in [0.15, 0.2) is 5.82 Å². The van der Waals surface area contributed by atoms with Crippen LogP contribution < -0.4 is 5.32 Å². The van der Waals surface area contributed by atoms with Crippen LogP contribution in [0.1, 0.15) is 51.4 Å². The van der Waals surface area contributed by atoms with Crippen LogP contribution in [-0.4, -0.2) is 27.5 Å². The fraction of sp³-hybridized carbons (Fsp3) is 0.467. The van der Waals surface area contributed by atoms with Gasteiger partial charge >= 0.3 is 0 Å². The molecule has 1 aromatic rings. The normalized spacial score (nSPS) is 15.1. The first-order chi connectivity index (χ1) is 9.88. The minimum atomic E-state index is -0.509. The van der Waals surface area contributed by atoms with Gasteiger partial charge in [0.25, 0.3) is 5.91 Å². The minimum Gasteiger partial charge on any atom is -0.334 e. The summed E-state index contributed by atoms with van der Waals surface area (Å²) >= 11 is 0. The van der Waals surface area contributed by atoms with Gasteiger partial charge in [-0.15, -0.1) is 0 Å². The van der Waals surface area contributed by atoms with Gasteiger partial charge in [0.2, 0.25) is 5.91 Å². The zero-order chi connectivity index (χ0) is 15.6. The van der Waals surface area contributed by atoms with E-state index in [1.165, 1.54) is 6.20 Å². The van der Waals surface area contributed by atoms with Gasteiger partial charge in [-0.1, -0.05) is 13.8 Å². The van der Waals surface area contributed by atoms with Gasteiger partial charge in [0.1, 0.15) is 0 Å². The van der Waals surface area contributed by atoms with Crippen LogP contribution in [0.4, 0.5) is 0 Å². The molecule has 0 aliphatic heterocycles. The topological polar surface area (TPSA) is 98.7 Å². The third kappa shape index (κ3) is 3.87. The van der Waals surface area contributed by atoms with E-state index in [1.807, 2.05) is 20.8 Å². The molecule has 0 aromatic carbocycles. The summed E-state index contributed by atoms with van der Waals surface area (Å²) in [6.07, 6.45) is 4.98. The molecule has 21 heavy (non-hydrogen) atoms. The molecule has 114 valence electrons. The Labute approximate surface area is 125 Å². The number of nitrogens with zero attached hydrogens (tertiary/aromatic N) is 1. The van der Waals surface area contributed by atoms with Crippen molar-refractivity contribution in [3.63, 3.8) is 0 Å². The molecule has 2 rings (SSSR count). The zero-order valence-corrected chi connectivity index (χ0v) is 12.5. The van der Waals surface area contributed by atoms with Crippen molar-refractivity contribution in [2.45, 2.75) is 33.6 Å². The van der Waals surface area contributed by atoms with Crippen LogP contribution in [0.15, 0.2) is 12.3 Å². The lowest BCUT2D eigenvalue weighted by atomic mass is 10.1. The molecule has 0 saturated heterocycles. The molecule has 3 N–H and O–H groups in total. The summed E-state index contributed by atoms with van der Waals surface area (Å²) in [7, 11) is 0. The molecule has 6 nitrogen and oxygen atoms in total. The Kier molecular flexibility index (Phi) is 4.35. The number of hydrogen-bond donors (Lipinski definition) is 3. The number of amides is 2. The molecule has 1 aliphatic rings. The maximum absolute atomic E-state index is 11.9. The van der Waals surface area contributed by atoms with Crippen LogP contribution in [-0.2, 0) is 4.79 Å². The van der Waals surface area contributed by atoms with Gasteiger partial charge in [-0.3, -0.25) is 14.9 Å².